The molecule has 0 radical (unpaired) electrons. The van der Waals surface area contributed by atoms with Gasteiger partial charge in [0.25, 0.3) is 0 Å². The normalized spacial score (nSPS) is 25.7. The minimum atomic E-state index is -1.04. The second kappa shape index (κ2) is 8.19. The van der Waals surface area contributed by atoms with E-state index in [1.807, 2.05) is 36.4 Å². The maximum absolute atomic E-state index is 13.1. The van der Waals surface area contributed by atoms with Crippen LogP contribution < -0.4 is 5.32 Å². The van der Waals surface area contributed by atoms with Crippen LogP contribution in [0.25, 0.3) is 11.1 Å². The summed E-state index contributed by atoms with van der Waals surface area (Å²) in [5.74, 6) is -1.39. The first-order chi connectivity index (χ1) is 15.9. The third kappa shape index (κ3) is 3.54. The Morgan fingerprint density at radius 3 is 2.33 bits per heavy atom. The van der Waals surface area contributed by atoms with Gasteiger partial charge in [-0.1, -0.05) is 48.5 Å². The van der Waals surface area contributed by atoms with Crippen LogP contribution >= 0.6 is 0 Å². The zero-order valence-corrected chi connectivity index (χ0v) is 18.3. The quantitative estimate of drug-likeness (QED) is 0.726. The van der Waals surface area contributed by atoms with E-state index in [4.69, 9.17) is 9.47 Å². The van der Waals surface area contributed by atoms with Gasteiger partial charge >= 0.3 is 12.1 Å². The van der Waals surface area contributed by atoms with Crippen LogP contribution in [-0.4, -0.2) is 66.4 Å². The number of alkyl carbamates (subject to hydrolysis) is 1. The van der Waals surface area contributed by atoms with Crippen molar-refractivity contribution in [1.82, 2.24) is 10.2 Å². The molecule has 33 heavy (non-hydrogen) atoms. The van der Waals surface area contributed by atoms with E-state index >= 15 is 0 Å². The number of likely N-dealkylation sites (tertiary alicyclic amines) is 1. The number of rotatable bonds is 5. The van der Waals surface area contributed by atoms with Gasteiger partial charge in [0.2, 0.25) is 5.91 Å². The molecule has 0 saturated carbocycles. The van der Waals surface area contributed by atoms with Crippen LogP contribution in [0.1, 0.15) is 30.4 Å². The molecule has 3 aliphatic rings. The highest BCUT2D eigenvalue weighted by Gasteiger charge is 2.52. The standard InChI is InChI=1S/C25H26N2O6/c1-25(23(30)27-11-10-20(27)22(28)29)14-32-13-21(25)26-24(31)33-12-19-17-8-4-2-6-15(17)16-7-3-5-9-18(16)19/h2-9,19-21H,10-14H2,1H3,(H,26,31)(H,28,29). The van der Waals surface area contributed by atoms with Gasteiger partial charge in [-0.2, -0.15) is 0 Å². The van der Waals surface area contributed by atoms with E-state index in [0.717, 1.165) is 22.3 Å². The summed E-state index contributed by atoms with van der Waals surface area (Å²) in [6.45, 7) is 2.54. The van der Waals surface area contributed by atoms with Crippen LogP contribution in [0.15, 0.2) is 48.5 Å². The lowest BCUT2D eigenvalue weighted by Gasteiger charge is -2.43. The number of carboxylic acid groups (broad SMARTS) is 1. The number of aliphatic carboxylic acids is 1. The summed E-state index contributed by atoms with van der Waals surface area (Å²) >= 11 is 0. The van der Waals surface area contributed by atoms with Crippen molar-refractivity contribution in [3.63, 3.8) is 0 Å². The van der Waals surface area contributed by atoms with Crippen molar-refractivity contribution in [2.24, 2.45) is 5.41 Å². The van der Waals surface area contributed by atoms with E-state index in [-0.39, 0.29) is 31.6 Å². The second-order valence-corrected chi connectivity index (χ2v) is 9.10. The predicted octanol–water partition coefficient (Wildman–Crippen LogP) is 2.62. The minimum absolute atomic E-state index is 0.0617. The molecule has 2 heterocycles. The van der Waals surface area contributed by atoms with Crippen molar-refractivity contribution >= 4 is 18.0 Å². The van der Waals surface area contributed by atoms with E-state index < -0.39 is 29.6 Å². The van der Waals surface area contributed by atoms with Gasteiger partial charge in [-0.15, -0.1) is 0 Å². The molecule has 2 aliphatic heterocycles. The Morgan fingerprint density at radius 1 is 1.12 bits per heavy atom. The molecule has 5 rings (SSSR count). The SMILES string of the molecule is CC1(C(=O)N2CCC2C(=O)O)COCC1NC(=O)OCC1c2ccccc2-c2ccccc21. The molecule has 2 aromatic rings. The molecule has 172 valence electrons. The molecule has 8 heteroatoms. The molecule has 2 fully saturated rings. The topological polar surface area (TPSA) is 105 Å². The van der Waals surface area contributed by atoms with Crippen LogP contribution in [0, 0.1) is 5.41 Å². The first-order valence-electron chi connectivity index (χ1n) is 11.1. The van der Waals surface area contributed by atoms with Crippen molar-refractivity contribution in [1.29, 1.82) is 0 Å². The molecule has 2 aromatic carbocycles. The highest BCUT2D eigenvalue weighted by molar-refractivity contribution is 5.90. The number of hydrogen-bond donors (Lipinski definition) is 2. The Hall–Kier alpha value is -3.39. The number of hydrogen-bond acceptors (Lipinski definition) is 5. The van der Waals surface area contributed by atoms with Gasteiger partial charge in [0.1, 0.15) is 12.6 Å². The van der Waals surface area contributed by atoms with Crippen molar-refractivity contribution in [3.05, 3.63) is 59.7 Å². The molecule has 3 unspecified atom stereocenters. The van der Waals surface area contributed by atoms with Crippen molar-refractivity contribution < 1.29 is 29.0 Å². The van der Waals surface area contributed by atoms with Gasteiger partial charge in [0.05, 0.1) is 24.7 Å². The highest BCUT2D eigenvalue weighted by atomic mass is 16.5. The van der Waals surface area contributed by atoms with Crippen molar-refractivity contribution in [2.75, 3.05) is 26.4 Å². The Labute approximate surface area is 191 Å². The van der Waals surface area contributed by atoms with Crippen LogP contribution in [0.4, 0.5) is 4.79 Å². The number of carbonyl (C=O) groups is 3. The fraction of sp³-hybridized carbons (Fsp3) is 0.400. The molecule has 3 atom stereocenters. The van der Waals surface area contributed by atoms with E-state index in [2.05, 4.69) is 17.4 Å². The summed E-state index contributed by atoms with van der Waals surface area (Å²) in [5.41, 5.74) is 3.49. The molecular weight excluding hydrogens is 424 g/mol. The van der Waals surface area contributed by atoms with Crippen molar-refractivity contribution in [2.45, 2.75) is 31.3 Å². The molecule has 2 N–H and O–H groups in total. The Kier molecular flexibility index (Phi) is 5.32. The molecule has 2 amide bonds. The van der Waals surface area contributed by atoms with Gasteiger partial charge in [0.15, 0.2) is 0 Å². The Bertz CT molecular complexity index is 1070. The number of ether oxygens (including phenoxy) is 2. The largest absolute Gasteiger partial charge is 0.480 e. The molecule has 8 nitrogen and oxygen atoms in total. The number of benzene rings is 2. The zero-order valence-electron chi connectivity index (χ0n) is 18.3. The number of nitrogens with zero attached hydrogens (tertiary/aromatic N) is 1. The lowest BCUT2D eigenvalue weighted by molar-refractivity contribution is -0.163. The number of carboxylic acids is 1. The maximum atomic E-state index is 13.1. The van der Waals surface area contributed by atoms with Crippen LogP contribution in [0.2, 0.25) is 0 Å². The van der Waals surface area contributed by atoms with Crippen molar-refractivity contribution in [3.8, 4) is 11.1 Å². The number of carbonyl (C=O) groups excluding carboxylic acids is 2. The number of fused-ring (bicyclic) bond motifs is 3. The summed E-state index contributed by atoms with van der Waals surface area (Å²) in [5, 5.41) is 12.1. The smallest absolute Gasteiger partial charge is 0.407 e. The molecule has 0 aromatic heterocycles. The van der Waals surface area contributed by atoms with Gasteiger partial charge in [0, 0.05) is 12.5 Å². The summed E-state index contributed by atoms with van der Waals surface area (Å²) in [6, 6.07) is 14.8. The molecule has 2 saturated heterocycles. The maximum Gasteiger partial charge on any atom is 0.407 e. The van der Waals surface area contributed by atoms with E-state index in [1.54, 1.807) is 6.92 Å². The van der Waals surface area contributed by atoms with E-state index in [9.17, 15) is 19.5 Å². The first-order valence-corrected chi connectivity index (χ1v) is 11.1. The summed E-state index contributed by atoms with van der Waals surface area (Å²) in [6.07, 6.45) is -0.188. The Balaban J connectivity index is 1.25. The second-order valence-electron chi connectivity index (χ2n) is 9.10. The average molecular weight is 450 g/mol. The number of nitrogens with one attached hydrogen (secondary N) is 1. The zero-order chi connectivity index (χ0) is 23.2. The predicted molar refractivity (Wildman–Crippen MR) is 119 cm³/mol. The lowest BCUT2D eigenvalue weighted by atomic mass is 9.82. The van der Waals surface area contributed by atoms with Gasteiger partial charge in [-0.25, -0.2) is 9.59 Å². The Morgan fingerprint density at radius 2 is 1.76 bits per heavy atom. The fourth-order valence-corrected chi connectivity index (χ4v) is 5.08. The van der Waals surface area contributed by atoms with Crippen LogP contribution in [-0.2, 0) is 19.1 Å². The molecule has 0 spiro atoms. The monoisotopic (exact) mass is 450 g/mol. The first kappa shape index (κ1) is 21.5. The number of amides is 2. The summed E-state index contributed by atoms with van der Waals surface area (Å²) in [7, 11) is 0. The van der Waals surface area contributed by atoms with E-state index in [1.165, 1.54) is 4.90 Å². The van der Waals surface area contributed by atoms with Crippen LogP contribution in [0.5, 0.6) is 0 Å². The van der Waals surface area contributed by atoms with E-state index in [0.29, 0.717) is 13.0 Å². The third-order valence-electron chi connectivity index (χ3n) is 7.15. The van der Waals surface area contributed by atoms with Gasteiger partial charge in [-0.3, -0.25) is 4.79 Å². The molecule has 0 bridgehead atoms. The fourth-order valence-electron chi connectivity index (χ4n) is 5.08. The highest BCUT2D eigenvalue weighted by Crippen LogP contribution is 2.44. The average Bonchev–Trinajstić information content (AvgIpc) is 3.30. The third-order valence-corrected chi connectivity index (χ3v) is 7.15. The van der Waals surface area contributed by atoms with Crippen LogP contribution in [0.3, 0.4) is 0 Å². The molecule has 1 aliphatic carbocycles. The minimum Gasteiger partial charge on any atom is -0.480 e. The van der Waals surface area contributed by atoms with Gasteiger partial charge in [-0.05, 0) is 35.6 Å². The molecular formula is C25H26N2O6. The summed E-state index contributed by atoms with van der Waals surface area (Å²) < 4.78 is 11.1. The summed E-state index contributed by atoms with van der Waals surface area (Å²) in [4.78, 5) is 38.5. The lowest BCUT2D eigenvalue weighted by Crippen LogP contribution is -2.62. The van der Waals surface area contributed by atoms with Gasteiger partial charge < -0.3 is 24.8 Å².